The van der Waals surface area contributed by atoms with Gasteiger partial charge in [0.05, 0.1) is 33.1 Å². The van der Waals surface area contributed by atoms with Crippen LogP contribution in [0.3, 0.4) is 0 Å². The molecule has 4 heterocycles. The zero-order valence-electron chi connectivity index (χ0n) is 11.9. The van der Waals surface area contributed by atoms with Crippen molar-refractivity contribution >= 4 is 22.9 Å². The second kappa shape index (κ2) is 5.99. The van der Waals surface area contributed by atoms with Crippen LogP contribution in [0.4, 0.5) is 0 Å². The number of hydrogen-bond acceptors (Lipinski definition) is 4. The first-order valence-corrected chi connectivity index (χ1v) is 8.20. The first-order chi connectivity index (χ1) is 11.3. The predicted molar refractivity (Wildman–Crippen MR) is 93.5 cm³/mol. The molecule has 4 aromatic rings. The van der Waals surface area contributed by atoms with Gasteiger partial charge in [0.25, 0.3) is 0 Å². The molecule has 0 amide bonds. The third-order valence-corrected chi connectivity index (χ3v) is 4.72. The van der Waals surface area contributed by atoms with Crippen LogP contribution in [0.1, 0.15) is 0 Å². The molecule has 112 valence electrons. The van der Waals surface area contributed by atoms with Crippen LogP contribution in [-0.2, 0) is 0 Å². The SMILES string of the molecule is Clc1ccc(-c2cc(-c3ccoc3)cc(-c3cccnc3)n2)s1. The van der Waals surface area contributed by atoms with Gasteiger partial charge in [0.2, 0.25) is 0 Å². The van der Waals surface area contributed by atoms with E-state index in [4.69, 9.17) is 21.0 Å². The maximum absolute atomic E-state index is 6.07. The van der Waals surface area contributed by atoms with Crippen LogP contribution in [0.2, 0.25) is 4.34 Å². The second-order valence-corrected chi connectivity index (χ2v) is 6.70. The predicted octanol–water partition coefficient (Wildman–Crippen LogP) is 5.79. The van der Waals surface area contributed by atoms with Crippen molar-refractivity contribution in [2.24, 2.45) is 0 Å². The van der Waals surface area contributed by atoms with Crippen molar-refractivity contribution in [3.8, 4) is 33.0 Å². The Hall–Kier alpha value is -2.43. The molecule has 23 heavy (non-hydrogen) atoms. The van der Waals surface area contributed by atoms with Crippen LogP contribution in [0, 0.1) is 0 Å². The molecule has 0 atom stereocenters. The van der Waals surface area contributed by atoms with Gasteiger partial charge in [0.15, 0.2) is 0 Å². The lowest BCUT2D eigenvalue weighted by atomic mass is 10.0. The van der Waals surface area contributed by atoms with Gasteiger partial charge in [-0.1, -0.05) is 11.6 Å². The van der Waals surface area contributed by atoms with Gasteiger partial charge < -0.3 is 4.42 Å². The van der Waals surface area contributed by atoms with Crippen LogP contribution in [0.5, 0.6) is 0 Å². The zero-order valence-corrected chi connectivity index (χ0v) is 13.5. The van der Waals surface area contributed by atoms with E-state index < -0.39 is 0 Å². The zero-order chi connectivity index (χ0) is 15.6. The molecule has 5 heteroatoms. The summed E-state index contributed by atoms with van der Waals surface area (Å²) in [7, 11) is 0. The van der Waals surface area contributed by atoms with Gasteiger partial charge in [-0.3, -0.25) is 4.98 Å². The summed E-state index contributed by atoms with van der Waals surface area (Å²) in [6.45, 7) is 0. The van der Waals surface area contributed by atoms with Crippen molar-refractivity contribution in [3.05, 3.63) is 71.7 Å². The van der Waals surface area contributed by atoms with E-state index in [0.29, 0.717) is 0 Å². The number of thiophene rings is 1. The largest absolute Gasteiger partial charge is 0.472 e. The fraction of sp³-hybridized carbons (Fsp3) is 0. The fourth-order valence-electron chi connectivity index (χ4n) is 2.37. The molecule has 4 rings (SSSR count). The number of pyridine rings is 2. The van der Waals surface area contributed by atoms with Crippen LogP contribution in [0.15, 0.2) is 71.8 Å². The van der Waals surface area contributed by atoms with Crippen molar-refractivity contribution in [2.45, 2.75) is 0 Å². The minimum atomic E-state index is 0.749. The standard InChI is InChI=1S/C18H11ClN2OS/c19-18-4-3-17(23-18)16-9-14(13-5-7-22-11-13)8-15(21-16)12-2-1-6-20-10-12/h1-11H. The number of furan rings is 1. The monoisotopic (exact) mass is 338 g/mol. The Labute approximate surface area is 142 Å². The summed E-state index contributed by atoms with van der Waals surface area (Å²) in [5.74, 6) is 0. The summed E-state index contributed by atoms with van der Waals surface area (Å²) < 4.78 is 5.96. The topological polar surface area (TPSA) is 38.9 Å². The van der Waals surface area contributed by atoms with Gasteiger partial charge in [-0.2, -0.15) is 0 Å². The molecule has 0 N–H and O–H groups in total. The molecule has 0 aliphatic heterocycles. The summed E-state index contributed by atoms with van der Waals surface area (Å²) >= 11 is 7.59. The molecule has 0 fully saturated rings. The van der Waals surface area contributed by atoms with E-state index >= 15 is 0 Å². The molecular formula is C18H11ClN2OS. The highest BCUT2D eigenvalue weighted by molar-refractivity contribution is 7.19. The third-order valence-electron chi connectivity index (χ3n) is 3.46. The van der Waals surface area contributed by atoms with Crippen LogP contribution in [-0.4, -0.2) is 9.97 Å². The summed E-state index contributed by atoms with van der Waals surface area (Å²) in [5, 5.41) is 0. The van der Waals surface area contributed by atoms with Crippen molar-refractivity contribution in [1.29, 1.82) is 0 Å². The third kappa shape index (κ3) is 2.91. The Balaban J connectivity index is 1.91. The Morgan fingerprint density at radius 1 is 0.957 bits per heavy atom. The maximum atomic E-state index is 6.07. The van der Waals surface area contributed by atoms with Crippen molar-refractivity contribution < 1.29 is 4.42 Å². The quantitative estimate of drug-likeness (QED) is 0.475. The molecule has 0 aliphatic rings. The minimum Gasteiger partial charge on any atom is -0.472 e. The molecule has 0 radical (unpaired) electrons. The second-order valence-electron chi connectivity index (χ2n) is 4.98. The van der Waals surface area contributed by atoms with Crippen LogP contribution >= 0.6 is 22.9 Å². The molecule has 0 spiro atoms. The van der Waals surface area contributed by atoms with E-state index in [1.54, 1.807) is 18.7 Å². The minimum absolute atomic E-state index is 0.749. The normalized spacial score (nSPS) is 10.8. The highest BCUT2D eigenvalue weighted by atomic mass is 35.5. The molecule has 0 saturated carbocycles. The molecule has 0 unspecified atom stereocenters. The molecule has 0 bridgehead atoms. The van der Waals surface area contributed by atoms with Crippen LogP contribution in [0.25, 0.3) is 33.0 Å². The summed E-state index contributed by atoms with van der Waals surface area (Å²) in [4.78, 5) is 9.99. The lowest BCUT2D eigenvalue weighted by Crippen LogP contribution is -1.89. The number of halogens is 1. The van der Waals surface area contributed by atoms with Crippen molar-refractivity contribution in [3.63, 3.8) is 0 Å². The van der Waals surface area contributed by atoms with Gasteiger partial charge in [-0.05, 0) is 48.0 Å². The Morgan fingerprint density at radius 2 is 1.87 bits per heavy atom. The molecule has 0 aliphatic carbocycles. The van der Waals surface area contributed by atoms with E-state index in [9.17, 15) is 0 Å². The van der Waals surface area contributed by atoms with Gasteiger partial charge in [-0.25, -0.2) is 4.98 Å². The van der Waals surface area contributed by atoms with E-state index in [1.807, 2.05) is 48.7 Å². The Morgan fingerprint density at radius 3 is 2.57 bits per heavy atom. The first-order valence-electron chi connectivity index (χ1n) is 7.00. The van der Waals surface area contributed by atoms with Crippen molar-refractivity contribution in [1.82, 2.24) is 9.97 Å². The lowest BCUT2D eigenvalue weighted by molar-refractivity contribution is 0.568. The smallest absolute Gasteiger partial charge is 0.0980 e. The number of hydrogen-bond donors (Lipinski definition) is 0. The molecule has 4 aromatic heterocycles. The lowest BCUT2D eigenvalue weighted by Gasteiger charge is -2.07. The van der Waals surface area contributed by atoms with E-state index in [-0.39, 0.29) is 0 Å². The summed E-state index contributed by atoms with van der Waals surface area (Å²) in [5.41, 5.74) is 4.80. The van der Waals surface area contributed by atoms with E-state index in [0.717, 1.165) is 37.3 Å². The van der Waals surface area contributed by atoms with Gasteiger partial charge in [-0.15, -0.1) is 11.3 Å². The average Bonchev–Trinajstić information content (AvgIpc) is 3.27. The maximum Gasteiger partial charge on any atom is 0.0980 e. The van der Waals surface area contributed by atoms with Gasteiger partial charge >= 0.3 is 0 Å². The van der Waals surface area contributed by atoms with Gasteiger partial charge in [0, 0.05) is 23.5 Å². The number of rotatable bonds is 3. The van der Waals surface area contributed by atoms with Crippen LogP contribution < -0.4 is 0 Å². The summed E-state index contributed by atoms with van der Waals surface area (Å²) in [6.07, 6.45) is 6.96. The molecule has 3 nitrogen and oxygen atoms in total. The molecule has 0 aromatic carbocycles. The average molecular weight is 339 g/mol. The van der Waals surface area contributed by atoms with E-state index in [1.165, 1.54) is 11.3 Å². The fourth-order valence-corrected chi connectivity index (χ4v) is 3.37. The Kier molecular flexibility index (Phi) is 3.69. The highest BCUT2D eigenvalue weighted by Crippen LogP contribution is 2.34. The Bertz CT molecular complexity index is 933. The molecular weight excluding hydrogens is 328 g/mol. The summed E-state index contributed by atoms with van der Waals surface area (Å²) in [6, 6.07) is 13.8. The van der Waals surface area contributed by atoms with Gasteiger partial charge in [0.1, 0.15) is 0 Å². The first kappa shape index (κ1) is 14.2. The molecule has 0 saturated heterocycles. The number of aromatic nitrogens is 2. The van der Waals surface area contributed by atoms with Crippen molar-refractivity contribution in [2.75, 3.05) is 0 Å². The number of nitrogens with zero attached hydrogens (tertiary/aromatic N) is 2. The highest BCUT2D eigenvalue weighted by Gasteiger charge is 2.11. The van der Waals surface area contributed by atoms with E-state index in [2.05, 4.69) is 4.98 Å².